The van der Waals surface area contributed by atoms with Crippen LogP contribution < -0.4 is 4.72 Å². The summed E-state index contributed by atoms with van der Waals surface area (Å²) in [7, 11) is -3.67. The van der Waals surface area contributed by atoms with Gasteiger partial charge in [0.05, 0.1) is 22.1 Å². The van der Waals surface area contributed by atoms with E-state index in [2.05, 4.69) is 4.72 Å². The molecule has 0 radical (unpaired) electrons. The van der Waals surface area contributed by atoms with Gasteiger partial charge in [0.25, 0.3) is 0 Å². The minimum Gasteiger partial charge on any atom is -0.389 e. The Bertz CT molecular complexity index is 601. The van der Waals surface area contributed by atoms with E-state index in [0.29, 0.717) is 17.5 Å². The van der Waals surface area contributed by atoms with E-state index >= 15 is 0 Å². The Morgan fingerprint density at radius 3 is 2.58 bits per heavy atom. The van der Waals surface area contributed by atoms with Gasteiger partial charge in [0.15, 0.2) is 0 Å². The quantitative estimate of drug-likeness (QED) is 0.852. The van der Waals surface area contributed by atoms with Crippen LogP contribution in [0.2, 0.25) is 0 Å². The number of nitriles is 1. The number of benzene rings is 1. The standard InChI is InChI=1S/C13H18N2O3S/c1-4-13(3,16)9-15-19(17,18)12-6-5-11(8-14)10(2)7-12/h5-7,15-16H,4,9H2,1-3H3. The molecule has 0 bridgehead atoms. The molecule has 1 rings (SSSR count). The number of nitrogens with zero attached hydrogens (tertiary/aromatic N) is 1. The zero-order valence-electron chi connectivity index (χ0n) is 11.3. The first-order valence-electron chi connectivity index (χ1n) is 5.94. The van der Waals surface area contributed by atoms with Gasteiger partial charge in [0.2, 0.25) is 10.0 Å². The van der Waals surface area contributed by atoms with Crippen LogP contribution in [0.25, 0.3) is 0 Å². The Morgan fingerprint density at radius 2 is 2.11 bits per heavy atom. The summed E-state index contributed by atoms with van der Waals surface area (Å²) in [5, 5.41) is 18.6. The summed E-state index contributed by atoms with van der Waals surface area (Å²) >= 11 is 0. The van der Waals surface area contributed by atoms with Gasteiger partial charge in [-0.2, -0.15) is 5.26 Å². The van der Waals surface area contributed by atoms with Crippen molar-refractivity contribution in [2.45, 2.75) is 37.7 Å². The van der Waals surface area contributed by atoms with E-state index < -0.39 is 15.6 Å². The van der Waals surface area contributed by atoms with Gasteiger partial charge >= 0.3 is 0 Å². The van der Waals surface area contributed by atoms with Crippen molar-refractivity contribution in [3.05, 3.63) is 29.3 Å². The monoisotopic (exact) mass is 282 g/mol. The summed E-state index contributed by atoms with van der Waals surface area (Å²) in [5.74, 6) is 0. The molecule has 1 aromatic rings. The number of aryl methyl sites for hydroxylation is 1. The summed E-state index contributed by atoms with van der Waals surface area (Å²) in [6.07, 6.45) is 0.446. The third kappa shape index (κ3) is 4.03. The second-order valence-electron chi connectivity index (χ2n) is 4.76. The fourth-order valence-corrected chi connectivity index (χ4v) is 2.63. The van der Waals surface area contributed by atoms with Crippen LogP contribution in [0.1, 0.15) is 31.4 Å². The maximum atomic E-state index is 12.0. The molecule has 0 spiro atoms. The fourth-order valence-electron chi connectivity index (χ4n) is 1.39. The average Bonchev–Trinajstić information content (AvgIpc) is 2.36. The number of nitrogens with one attached hydrogen (secondary N) is 1. The van der Waals surface area contributed by atoms with E-state index in [4.69, 9.17) is 5.26 Å². The highest BCUT2D eigenvalue weighted by atomic mass is 32.2. The molecule has 1 unspecified atom stereocenters. The molecule has 1 aromatic carbocycles. The van der Waals surface area contributed by atoms with Crippen molar-refractivity contribution in [3.8, 4) is 6.07 Å². The third-order valence-electron chi connectivity index (χ3n) is 3.03. The number of sulfonamides is 1. The molecule has 19 heavy (non-hydrogen) atoms. The molecule has 104 valence electrons. The number of hydrogen-bond donors (Lipinski definition) is 2. The van der Waals surface area contributed by atoms with Crippen molar-refractivity contribution in [1.82, 2.24) is 4.72 Å². The maximum Gasteiger partial charge on any atom is 0.240 e. The van der Waals surface area contributed by atoms with Gasteiger partial charge in [-0.3, -0.25) is 0 Å². The molecule has 0 aliphatic heterocycles. The maximum absolute atomic E-state index is 12.0. The smallest absolute Gasteiger partial charge is 0.240 e. The molecule has 0 fully saturated rings. The van der Waals surface area contributed by atoms with E-state index in [1.165, 1.54) is 18.2 Å². The highest BCUT2D eigenvalue weighted by Gasteiger charge is 2.22. The van der Waals surface area contributed by atoms with Crippen LogP contribution in [0.5, 0.6) is 0 Å². The summed E-state index contributed by atoms with van der Waals surface area (Å²) in [6.45, 7) is 4.98. The van der Waals surface area contributed by atoms with Crippen molar-refractivity contribution in [2.75, 3.05) is 6.54 Å². The van der Waals surface area contributed by atoms with Crippen molar-refractivity contribution >= 4 is 10.0 Å². The molecular weight excluding hydrogens is 264 g/mol. The second kappa shape index (κ2) is 5.70. The third-order valence-corrected chi connectivity index (χ3v) is 4.43. The molecule has 0 saturated heterocycles. The lowest BCUT2D eigenvalue weighted by atomic mass is 10.1. The molecule has 0 saturated carbocycles. The molecule has 0 amide bonds. The number of rotatable bonds is 5. The minimum atomic E-state index is -3.67. The highest BCUT2D eigenvalue weighted by Crippen LogP contribution is 2.15. The van der Waals surface area contributed by atoms with Gasteiger partial charge in [-0.05, 0) is 44.0 Å². The van der Waals surface area contributed by atoms with Crippen molar-refractivity contribution < 1.29 is 13.5 Å². The zero-order chi connectivity index (χ0) is 14.7. The SMILES string of the molecule is CCC(C)(O)CNS(=O)(=O)c1ccc(C#N)c(C)c1. The van der Waals surface area contributed by atoms with Gasteiger partial charge < -0.3 is 5.11 Å². The van der Waals surface area contributed by atoms with Crippen LogP contribution in [-0.4, -0.2) is 25.7 Å². The lowest BCUT2D eigenvalue weighted by Gasteiger charge is -2.21. The van der Waals surface area contributed by atoms with Crippen molar-refractivity contribution in [1.29, 1.82) is 5.26 Å². The van der Waals surface area contributed by atoms with E-state index in [-0.39, 0.29) is 11.4 Å². The number of hydrogen-bond acceptors (Lipinski definition) is 4. The molecule has 1 atom stereocenters. The predicted molar refractivity (Wildman–Crippen MR) is 72.0 cm³/mol. The second-order valence-corrected chi connectivity index (χ2v) is 6.53. The summed E-state index contributed by atoms with van der Waals surface area (Å²) in [6, 6.07) is 6.29. The molecular formula is C13H18N2O3S. The molecule has 6 heteroatoms. The lowest BCUT2D eigenvalue weighted by Crippen LogP contribution is -2.40. The molecule has 0 aliphatic rings. The Labute approximate surface area is 113 Å². The summed E-state index contributed by atoms with van der Waals surface area (Å²) in [5.41, 5.74) is -0.0264. The Hall–Kier alpha value is -1.42. The average molecular weight is 282 g/mol. The predicted octanol–water partition coefficient (Wildman–Crippen LogP) is 1.31. The van der Waals surface area contributed by atoms with Crippen molar-refractivity contribution in [3.63, 3.8) is 0 Å². The van der Waals surface area contributed by atoms with E-state index in [1.807, 2.05) is 6.07 Å². The van der Waals surface area contributed by atoms with Gasteiger partial charge in [-0.1, -0.05) is 6.92 Å². The van der Waals surface area contributed by atoms with Gasteiger partial charge in [-0.15, -0.1) is 0 Å². The van der Waals surface area contributed by atoms with Crippen LogP contribution in [0.15, 0.2) is 23.1 Å². The van der Waals surface area contributed by atoms with Crippen LogP contribution in [-0.2, 0) is 10.0 Å². The molecule has 0 heterocycles. The molecule has 5 nitrogen and oxygen atoms in total. The van der Waals surface area contributed by atoms with Gasteiger partial charge in [0, 0.05) is 6.54 Å². The van der Waals surface area contributed by atoms with Crippen LogP contribution in [0.3, 0.4) is 0 Å². The van der Waals surface area contributed by atoms with Crippen molar-refractivity contribution in [2.24, 2.45) is 0 Å². The first kappa shape index (κ1) is 15.6. The molecule has 0 aromatic heterocycles. The highest BCUT2D eigenvalue weighted by molar-refractivity contribution is 7.89. The zero-order valence-corrected chi connectivity index (χ0v) is 12.1. The molecule has 0 aliphatic carbocycles. The van der Waals surface area contributed by atoms with Gasteiger partial charge in [-0.25, -0.2) is 13.1 Å². The van der Waals surface area contributed by atoms with Crippen LogP contribution in [0.4, 0.5) is 0 Å². The van der Waals surface area contributed by atoms with Crippen LogP contribution >= 0.6 is 0 Å². The largest absolute Gasteiger partial charge is 0.389 e. The Kier molecular flexibility index (Phi) is 4.69. The fraction of sp³-hybridized carbons (Fsp3) is 0.462. The Morgan fingerprint density at radius 1 is 1.47 bits per heavy atom. The van der Waals surface area contributed by atoms with Crippen LogP contribution in [0, 0.1) is 18.3 Å². The van der Waals surface area contributed by atoms with E-state index in [0.717, 1.165) is 0 Å². The minimum absolute atomic E-state index is 0.0507. The topological polar surface area (TPSA) is 90.2 Å². The first-order chi connectivity index (χ1) is 8.72. The first-order valence-corrected chi connectivity index (χ1v) is 7.43. The molecule has 2 N–H and O–H groups in total. The van der Waals surface area contributed by atoms with Gasteiger partial charge in [0.1, 0.15) is 0 Å². The summed E-state index contributed by atoms with van der Waals surface area (Å²) < 4.78 is 26.5. The number of aliphatic hydroxyl groups is 1. The lowest BCUT2D eigenvalue weighted by molar-refractivity contribution is 0.0613. The summed E-state index contributed by atoms with van der Waals surface area (Å²) in [4.78, 5) is 0.0934. The Balaban J connectivity index is 2.96. The van der Waals surface area contributed by atoms with E-state index in [1.54, 1.807) is 20.8 Å². The van der Waals surface area contributed by atoms with E-state index in [9.17, 15) is 13.5 Å². The normalized spacial score (nSPS) is 14.7.